The summed E-state index contributed by atoms with van der Waals surface area (Å²) in [7, 11) is 0. The molecule has 1 aromatic carbocycles. The van der Waals surface area contributed by atoms with E-state index in [-0.39, 0.29) is 12.0 Å². The van der Waals surface area contributed by atoms with Crippen LogP contribution in [-0.2, 0) is 0 Å². The zero-order valence-electron chi connectivity index (χ0n) is 10.2. The van der Waals surface area contributed by atoms with E-state index >= 15 is 0 Å². The fourth-order valence-electron chi connectivity index (χ4n) is 2.12. The predicted molar refractivity (Wildman–Crippen MR) is 65.2 cm³/mol. The third-order valence-electron chi connectivity index (χ3n) is 3.43. The molecule has 0 saturated heterocycles. The van der Waals surface area contributed by atoms with Crippen molar-refractivity contribution >= 4 is 5.96 Å². The molecule has 2 fully saturated rings. The Morgan fingerprint density at radius 3 is 2.42 bits per heavy atom. The van der Waals surface area contributed by atoms with Crippen molar-refractivity contribution in [1.82, 2.24) is 5.32 Å². The molecule has 2 atom stereocenters. The first-order chi connectivity index (χ1) is 9.04. The van der Waals surface area contributed by atoms with Gasteiger partial charge in [-0.05, 0) is 37.0 Å². The van der Waals surface area contributed by atoms with Crippen LogP contribution in [0.15, 0.2) is 17.1 Å². The molecule has 0 aromatic heterocycles. The smallest absolute Gasteiger partial charge is 0.194 e. The maximum atomic E-state index is 13.1. The van der Waals surface area contributed by atoms with Crippen LogP contribution >= 0.6 is 0 Å². The normalized spacial score (nSPS) is 26.4. The van der Waals surface area contributed by atoms with Crippen molar-refractivity contribution in [2.75, 3.05) is 0 Å². The number of aliphatic imine (C=N–C) groups is 1. The van der Waals surface area contributed by atoms with Gasteiger partial charge in [-0.15, -0.1) is 0 Å². The van der Waals surface area contributed by atoms with Crippen molar-refractivity contribution in [2.45, 2.75) is 37.3 Å². The Kier molecular flexibility index (Phi) is 2.88. The largest absolute Gasteiger partial charge is 0.370 e. The molecule has 0 amide bonds. The molecule has 0 aliphatic heterocycles. The monoisotopic (exact) mass is 269 g/mol. The van der Waals surface area contributed by atoms with Crippen molar-refractivity contribution in [2.24, 2.45) is 10.7 Å². The average Bonchev–Trinajstić information content (AvgIpc) is 3.22. The molecule has 6 heteroatoms. The van der Waals surface area contributed by atoms with Crippen LogP contribution in [-0.4, -0.2) is 18.0 Å². The molecule has 3 N–H and O–H groups in total. The highest BCUT2D eigenvalue weighted by molar-refractivity contribution is 5.79. The molecular weight excluding hydrogens is 255 g/mol. The van der Waals surface area contributed by atoms with Crippen molar-refractivity contribution in [3.05, 3.63) is 35.1 Å². The van der Waals surface area contributed by atoms with E-state index in [2.05, 4.69) is 10.3 Å². The SMILES string of the molecule is NC(=N[C@@H]1C[C@H]1c1cc(F)c(F)c(F)c1)NC1CC1. The van der Waals surface area contributed by atoms with Gasteiger partial charge >= 0.3 is 0 Å². The lowest BCUT2D eigenvalue weighted by molar-refractivity contribution is 0.445. The van der Waals surface area contributed by atoms with Crippen LogP contribution in [0.2, 0.25) is 0 Å². The van der Waals surface area contributed by atoms with E-state index in [0.717, 1.165) is 25.0 Å². The molecule has 0 radical (unpaired) electrons. The minimum absolute atomic E-state index is 0.0736. The molecule has 0 unspecified atom stereocenters. The summed E-state index contributed by atoms with van der Waals surface area (Å²) in [6.07, 6.45) is 2.87. The van der Waals surface area contributed by atoms with Gasteiger partial charge in [0.05, 0.1) is 6.04 Å². The quantitative estimate of drug-likeness (QED) is 0.501. The topological polar surface area (TPSA) is 50.4 Å². The fourth-order valence-corrected chi connectivity index (χ4v) is 2.12. The number of nitrogens with one attached hydrogen (secondary N) is 1. The third-order valence-corrected chi connectivity index (χ3v) is 3.43. The highest BCUT2D eigenvalue weighted by Crippen LogP contribution is 2.44. The molecule has 2 aliphatic carbocycles. The van der Waals surface area contributed by atoms with Crippen LogP contribution in [0.1, 0.15) is 30.7 Å². The summed E-state index contributed by atoms with van der Waals surface area (Å²) in [5.41, 5.74) is 6.15. The molecule has 3 nitrogen and oxygen atoms in total. The number of halogens is 3. The summed E-state index contributed by atoms with van der Waals surface area (Å²) in [6.45, 7) is 0. The molecule has 3 rings (SSSR count). The molecule has 0 spiro atoms. The zero-order chi connectivity index (χ0) is 13.6. The van der Waals surface area contributed by atoms with Gasteiger partial charge < -0.3 is 11.1 Å². The lowest BCUT2D eigenvalue weighted by Crippen LogP contribution is -2.33. The number of nitrogens with two attached hydrogens (primary N) is 1. The van der Waals surface area contributed by atoms with Gasteiger partial charge in [0.2, 0.25) is 0 Å². The van der Waals surface area contributed by atoms with Gasteiger partial charge in [-0.2, -0.15) is 0 Å². The van der Waals surface area contributed by atoms with Gasteiger partial charge in [0.15, 0.2) is 23.4 Å². The van der Waals surface area contributed by atoms with E-state index in [1.54, 1.807) is 0 Å². The molecule has 2 aliphatic rings. The Morgan fingerprint density at radius 2 is 1.84 bits per heavy atom. The Morgan fingerprint density at radius 1 is 1.21 bits per heavy atom. The summed E-state index contributed by atoms with van der Waals surface area (Å²) in [5.74, 6) is -3.45. The Labute approximate surface area is 108 Å². The van der Waals surface area contributed by atoms with E-state index in [1.165, 1.54) is 0 Å². The number of benzene rings is 1. The van der Waals surface area contributed by atoms with Crippen LogP contribution in [0.3, 0.4) is 0 Å². The second-order valence-corrected chi connectivity index (χ2v) is 5.14. The van der Waals surface area contributed by atoms with Crippen LogP contribution in [0.25, 0.3) is 0 Å². The van der Waals surface area contributed by atoms with Crippen molar-refractivity contribution in [1.29, 1.82) is 0 Å². The number of hydrogen-bond acceptors (Lipinski definition) is 1. The van der Waals surface area contributed by atoms with Crippen LogP contribution < -0.4 is 11.1 Å². The van der Waals surface area contributed by atoms with Gasteiger partial charge in [-0.25, -0.2) is 18.2 Å². The summed E-state index contributed by atoms with van der Waals surface area (Å²) < 4.78 is 39.1. The predicted octanol–water partition coefficient (Wildman–Crippen LogP) is 2.03. The Bertz CT molecular complexity index is 517. The lowest BCUT2D eigenvalue weighted by Gasteiger charge is -2.03. The number of nitrogens with zero attached hydrogens (tertiary/aromatic N) is 1. The highest BCUT2D eigenvalue weighted by atomic mass is 19.2. The second kappa shape index (κ2) is 4.43. The minimum atomic E-state index is -1.43. The zero-order valence-corrected chi connectivity index (χ0v) is 10.2. The van der Waals surface area contributed by atoms with E-state index in [4.69, 9.17) is 5.73 Å². The standard InChI is InChI=1S/C13H14F3N3/c14-9-3-6(4-10(15)12(9)16)8-5-11(8)19-13(17)18-7-1-2-7/h3-4,7-8,11H,1-2,5H2,(H3,17,18,19)/t8-,11+/m0/s1. The van der Waals surface area contributed by atoms with Crippen LogP contribution in [0.4, 0.5) is 13.2 Å². The van der Waals surface area contributed by atoms with Gasteiger partial charge in [0.25, 0.3) is 0 Å². The molecule has 19 heavy (non-hydrogen) atoms. The average molecular weight is 269 g/mol. The fraction of sp³-hybridized carbons (Fsp3) is 0.462. The summed E-state index contributed by atoms with van der Waals surface area (Å²) in [5, 5.41) is 3.05. The van der Waals surface area contributed by atoms with Crippen LogP contribution in [0.5, 0.6) is 0 Å². The Hall–Kier alpha value is -1.72. The van der Waals surface area contributed by atoms with Crippen molar-refractivity contribution in [3.8, 4) is 0 Å². The molecule has 0 heterocycles. The van der Waals surface area contributed by atoms with Gasteiger partial charge in [-0.3, -0.25) is 0 Å². The lowest BCUT2D eigenvalue weighted by atomic mass is 10.1. The summed E-state index contributed by atoms with van der Waals surface area (Å²) >= 11 is 0. The van der Waals surface area contributed by atoms with Gasteiger partial charge in [0, 0.05) is 12.0 Å². The Balaban J connectivity index is 1.68. The molecule has 0 bridgehead atoms. The number of guanidine groups is 1. The van der Waals surface area contributed by atoms with E-state index in [0.29, 0.717) is 24.0 Å². The first kappa shape index (κ1) is 12.3. The van der Waals surface area contributed by atoms with E-state index in [1.807, 2.05) is 0 Å². The number of rotatable bonds is 3. The maximum absolute atomic E-state index is 13.1. The van der Waals surface area contributed by atoms with E-state index in [9.17, 15) is 13.2 Å². The summed E-state index contributed by atoms with van der Waals surface area (Å²) in [4.78, 5) is 4.25. The second-order valence-electron chi connectivity index (χ2n) is 5.14. The molecule has 102 valence electrons. The van der Waals surface area contributed by atoms with Crippen molar-refractivity contribution in [3.63, 3.8) is 0 Å². The minimum Gasteiger partial charge on any atom is -0.370 e. The first-order valence-electron chi connectivity index (χ1n) is 6.29. The number of hydrogen-bond donors (Lipinski definition) is 2. The maximum Gasteiger partial charge on any atom is 0.194 e. The first-order valence-corrected chi connectivity index (χ1v) is 6.29. The molecule has 2 saturated carbocycles. The molecule has 1 aromatic rings. The van der Waals surface area contributed by atoms with Gasteiger partial charge in [0.1, 0.15) is 0 Å². The van der Waals surface area contributed by atoms with E-state index < -0.39 is 17.5 Å². The van der Waals surface area contributed by atoms with Gasteiger partial charge in [-0.1, -0.05) is 0 Å². The third kappa shape index (κ3) is 2.67. The highest BCUT2D eigenvalue weighted by Gasteiger charge is 2.39. The van der Waals surface area contributed by atoms with Crippen molar-refractivity contribution < 1.29 is 13.2 Å². The molecular formula is C13H14F3N3. The summed E-state index contributed by atoms with van der Waals surface area (Å²) in [6, 6.07) is 2.41. The van der Waals surface area contributed by atoms with Crippen LogP contribution in [0, 0.1) is 17.5 Å².